The molecule has 0 radical (unpaired) electrons. The van der Waals surface area contributed by atoms with Crippen LogP contribution in [0.2, 0.25) is 0 Å². The first kappa shape index (κ1) is 18.2. The zero-order valence-corrected chi connectivity index (χ0v) is 15.1. The van der Waals surface area contributed by atoms with Gasteiger partial charge < -0.3 is 10.2 Å². The molecule has 0 spiro atoms. The second-order valence-corrected chi connectivity index (χ2v) is 6.47. The molecule has 1 heterocycles. The molecule has 2 aromatic rings. The maximum atomic E-state index is 12.9. The summed E-state index contributed by atoms with van der Waals surface area (Å²) in [7, 11) is 0. The van der Waals surface area contributed by atoms with Crippen molar-refractivity contribution in [1.29, 1.82) is 0 Å². The molecule has 1 aromatic carbocycles. The monoisotopic (exact) mass is 344 g/mol. The Labute approximate surface area is 147 Å². The fourth-order valence-corrected chi connectivity index (χ4v) is 3.03. The number of hydrogen-bond acceptors (Lipinski definition) is 3. The number of hydrogen-bond donors (Lipinski definition) is 1. The highest BCUT2D eigenvalue weighted by Gasteiger charge is 2.16. The van der Waals surface area contributed by atoms with Gasteiger partial charge >= 0.3 is 0 Å². The molecule has 4 nitrogen and oxygen atoms in total. The van der Waals surface area contributed by atoms with Gasteiger partial charge in [0.05, 0.1) is 0 Å². The summed E-state index contributed by atoms with van der Waals surface area (Å²) in [6, 6.07) is 9.22. The number of unbranched alkanes of at least 4 members (excludes halogenated alkanes) is 1. The van der Waals surface area contributed by atoms with Gasteiger partial charge in [-0.2, -0.15) is 11.3 Å². The quantitative estimate of drug-likeness (QED) is 0.764. The SMILES string of the molecule is CCCCN(Cc1ccsc1)C(=O)c1cccc(NC(=O)CC)c1. The van der Waals surface area contributed by atoms with Crippen molar-refractivity contribution < 1.29 is 9.59 Å². The first-order valence-electron chi connectivity index (χ1n) is 8.34. The highest BCUT2D eigenvalue weighted by molar-refractivity contribution is 7.07. The predicted octanol–water partition coefficient (Wildman–Crippen LogP) is 4.54. The molecule has 0 aliphatic carbocycles. The van der Waals surface area contributed by atoms with Crippen molar-refractivity contribution in [3.05, 3.63) is 52.2 Å². The largest absolute Gasteiger partial charge is 0.334 e. The molecule has 2 amide bonds. The number of benzene rings is 1. The highest BCUT2D eigenvalue weighted by Crippen LogP contribution is 2.17. The van der Waals surface area contributed by atoms with Crippen LogP contribution in [0.1, 0.15) is 49.0 Å². The van der Waals surface area contributed by atoms with Crippen LogP contribution in [-0.2, 0) is 11.3 Å². The molecular formula is C19H24N2O2S. The summed E-state index contributed by atoms with van der Waals surface area (Å²) < 4.78 is 0. The predicted molar refractivity (Wildman–Crippen MR) is 99.3 cm³/mol. The van der Waals surface area contributed by atoms with Crippen LogP contribution in [0.3, 0.4) is 0 Å². The average Bonchev–Trinajstić information content (AvgIpc) is 3.11. The van der Waals surface area contributed by atoms with Gasteiger partial charge in [-0.15, -0.1) is 0 Å². The third-order valence-corrected chi connectivity index (χ3v) is 4.47. The van der Waals surface area contributed by atoms with Gasteiger partial charge in [-0.3, -0.25) is 9.59 Å². The van der Waals surface area contributed by atoms with Crippen LogP contribution in [0.15, 0.2) is 41.1 Å². The van der Waals surface area contributed by atoms with Crippen molar-refractivity contribution in [2.45, 2.75) is 39.7 Å². The molecule has 0 atom stereocenters. The smallest absolute Gasteiger partial charge is 0.254 e. The Balaban J connectivity index is 2.15. The zero-order valence-electron chi connectivity index (χ0n) is 14.2. The number of anilines is 1. The van der Waals surface area contributed by atoms with Crippen LogP contribution in [0.4, 0.5) is 5.69 Å². The van der Waals surface area contributed by atoms with E-state index in [0.717, 1.165) is 24.9 Å². The third kappa shape index (κ3) is 5.20. The van der Waals surface area contributed by atoms with Crippen molar-refractivity contribution in [1.82, 2.24) is 4.90 Å². The van der Waals surface area contributed by atoms with Crippen molar-refractivity contribution in [3.8, 4) is 0 Å². The van der Waals surface area contributed by atoms with E-state index in [2.05, 4.69) is 23.7 Å². The standard InChI is InChI=1S/C19H24N2O2S/c1-3-5-10-21(13-15-9-11-24-14-15)19(23)16-7-6-8-17(12-16)20-18(22)4-2/h6-9,11-12,14H,3-5,10,13H2,1-2H3,(H,20,22). The average molecular weight is 344 g/mol. The molecule has 0 fully saturated rings. The Morgan fingerprint density at radius 2 is 2.04 bits per heavy atom. The lowest BCUT2D eigenvalue weighted by molar-refractivity contribution is -0.115. The van der Waals surface area contributed by atoms with Gasteiger partial charge in [0.1, 0.15) is 0 Å². The Bertz CT molecular complexity index is 668. The number of nitrogens with zero attached hydrogens (tertiary/aromatic N) is 1. The van der Waals surface area contributed by atoms with E-state index in [0.29, 0.717) is 24.2 Å². The van der Waals surface area contributed by atoms with Crippen LogP contribution in [-0.4, -0.2) is 23.3 Å². The van der Waals surface area contributed by atoms with E-state index < -0.39 is 0 Å². The Morgan fingerprint density at radius 3 is 2.71 bits per heavy atom. The van der Waals surface area contributed by atoms with Crippen LogP contribution in [0, 0.1) is 0 Å². The number of carbonyl (C=O) groups excluding carboxylic acids is 2. The van der Waals surface area contributed by atoms with E-state index >= 15 is 0 Å². The minimum absolute atomic E-state index is 0.00208. The van der Waals surface area contributed by atoms with Gasteiger partial charge in [-0.25, -0.2) is 0 Å². The lowest BCUT2D eigenvalue weighted by Gasteiger charge is -2.22. The van der Waals surface area contributed by atoms with Gasteiger partial charge in [0.15, 0.2) is 0 Å². The van der Waals surface area contributed by atoms with E-state index in [1.807, 2.05) is 10.3 Å². The Kier molecular flexibility index (Phi) is 7.00. The molecule has 1 N–H and O–H groups in total. The Morgan fingerprint density at radius 1 is 1.21 bits per heavy atom. The molecule has 0 aliphatic rings. The molecule has 0 saturated heterocycles. The first-order valence-corrected chi connectivity index (χ1v) is 9.28. The molecule has 0 unspecified atom stereocenters. The molecule has 128 valence electrons. The lowest BCUT2D eigenvalue weighted by Crippen LogP contribution is -2.31. The second kappa shape index (κ2) is 9.23. The number of carbonyl (C=O) groups is 2. The summed E-state index contributed by atoms with van der Waals surface area (Å²) in [5, 5.41) is 6.91. The first-order chi connectivity index (χ1) is 11.6. The minimum atomic E-state index is -0.0549. The number of rotatable bonds is 8. The molecule has 1 aromatic heterocycles. The second-order valence-electron chi connectivity index (χ2n) is 5.69. The van der Waals surface area contributed by atoms with E-state index in [4.69, 9.17) is 0 Å². The molecule has 0 aliphatic heterocycles. The van der Waals surface area contributed by atoms with E-state index in [-0.39, 0.29) is 11.8 Å². The van der Waals surface area contributed by atoms with Crippen LogP contribution < -0.4 is 5.32 Å². The van der Waals surface area contributed by atoms with Gasteiger partial charge in [0.25, 0.3) is 5.91 Å². The maximum absolute atomic E-state index is 12.9. The molecular weight excluding hydrogens is 320 g/mol. The summed E-state index contributed by atoms with van der Waals surface area (Å²) in [6.45, 7) is 5.27. The Hall–Kier alpha value is -2.14. The fraction of sp³-hybridized carbons (Fsp3) is 0.368. The third-order valence-electron chi connectivity index (χ3n) is 3.74. The van der Waals surface area contributed by atoms with Crippen LogP contribution in [0.5, 0.6) is 0 Å². The number of amides is 2. The van der Waals surface area contributed by atoms with Crippen molar-refractivity contribution in [2.24, 2.45) is 0 Å². The summed E-state index contributed by atoms with van der Waals surface area (Å²) in [5.41, 5.74) is 2.42. The van der Waals surface area contributed by atoms with Gasteiger partial charge in [0, 0.05) is 30.8 Å². The normalized spacial score (nSPS) is 10.4. The summed E-state index contributed by atoms with van der Waals surface area (Å²) in [4.78, 5) is 26.3. The van der Waals surface area contributed by atoms with E-state index in [1.54, 1.807) is 42.5 Å². The highest BCUT2D eigenvalue weighted by atomic mass is 32.1. The summed E-state index contributed by atoms with van der Waals surface area (Å²) in [5.74, 6) is -0.0528. The van der Waals surface area contributed by atoms with Crippen LogP contribution >= 0.6 is 11.3 Å². The summed E-state index contributed by atoms with van der Waals surface area (Å²) >= 11 is 1.64. The van der Waals surface area contributed by atoms with Crippen molar-refractivity contribution >= 4 is 28.8 Å². The molecule has 2 rings (SSSR count). The number of nitrogens with one attached hydrogen (secondary N) is 1. The van der Waals surface area contributed by atoms with Crippen molar-refractivity contribution in [3.63, 3.8) is 0 Å². The molecule has 24 heavy (non-hydrogen) atoms. The maximum Gasteiger partial charge on any atom is 0.254 e. The van der Waals surface area contributed by atoms with E-state index in [9.17, 15) is 9.59 Å². The van der Waals surface area contributed by atoms with E-state index in [1.165, 1.54) is 0 Å². The fourth-order valence-electron chi connectivity index (χ4n) is 2.37. The number of thiophene rings is 1. The van der Waals surface area contributed by atoms with Gasteiger partial charge in [0.2, 0.25) is 5.91 Å². The minimum Gasteiger partial charge on any atom is -0.334 e. The molecule has 0 saturated carbocycles. The topological polar surface area (TPSA) is 49.4 Å². The molecule has 5 heteroatoms. The van der Waals surface area contributed by atoms with Crippen LogP contribution in [0.25, 0.3) is 0 Å². The summed E-state index contributed by atoms with van der Waals surface area (Å²) in [6.07, 6.45) is 2.43. The lowest BCUT2D eigenvalue weighted by atomic mass is 10.1. The van der Waals surface area contributed by atoms with Gasteiger partial charge in [-0.05, 0) is 47.0 Å². The zero-order chi connectivity index (χ0) is 17.4. The van der Waals surface area contributed by atoms with Gasteiger partial charge in [-0.1, -0.05) is 26.3 Å². The molecule has 0 bridgehead atoms. The van der Waals surface area contributed by atoms with Crippen molar-refractivity contribution in [2.75, 3.05) is 11.9 Å².